The summed E-state index contributed by atoms with van der Waals surface area (Å²) in [6, 6.07) is 3.50. The molecule has 2 heterocycles. The molecule has 0 saturated heterocycles. The van der Waals surface area contributed by atoms with Crippen molar-refractivity contribution in [1.82, 2.24) is 4.72 Å². The summed E-state index contributed by atoms with van der Waals surface area (Å²) in [4.78, 5) is 1.17. The highest BCUT2D eigenvalue weighted by Crippen LogP contribution is 2.19. The second-order valence-electron chi connectivity index (χ2n) is 4.31. The predicted octanol–water partition coefficient (Wildman–Crippen LogP) is 2.18. The second kappa shape index (κ2) is 6.15. The molecule has 1 unspecified atom stereocenters. The highest BCUT2D eigenvalue weighted by atomic mass is 32.2. The standard InChI is InChI=1S/C12H16N2O2S3/c1-9(4-10-2-3-17-7-10)14-19(15,16)12-5-11(6-13)18-8-12/h2-3,5,7-9,14H,4,6,13H2,1H3. The van der Waals surface area contributed by atoms with Gasteiger partial charge in [-0.1, -0.05) is 0 Å². The van der Waals surface area contributed by atoms with Crippen molar-refractivity contribution in [3.8, 4) is 0 Å². The molecule has 0 bridgehead atoms. The van der Waals surface area contributed by atoms with Crippen molar-refractivity contribution in [2.45, 2.75) is 30.8 Å². The van der Waals surface area contributed by atoms with E-state index in [1.54, 1.807) is 22.8 Å². The Bertz CT molecular complexity index is 617. The van der Waals surface area contributed by atoms with E-state index in [2.05, 4.69) is 4.72 Å². The van der Waals surface area contributed by atoms with Gasteiger partial charge < -0.3 is 5.73 Å². The third-order valence-electron chi connectivity index (χ3n) is 2.62. The molecular weight excluding hydrogens is 300 g/mol. The van der Waals surface area contributed by atoms with E-state index in [1.807, 2.05) is 23.8 Å². The summed E-state index contributed by atoms with van der Waals surface area (Å²) >= 11 is 2.98. The van der Waals surface area contributed by atoms with Crippen LogP contribution in [-0.2, 0) is 23.0 Å². The number of nitrogens with two attached hydrogens (primary N) is 1. The van der Waals surface area contributed by atoms with Crippen LogP contribution >= 0.6 is 22.7 Å². The number of hydrogen-bond acceptors (Lipinski definition) is 5. The van der Waals surface area contributed by atoms with Crippen LogP contribution in [0.3, 0.4) is 0 Å². The van der Waals surface area contributed by atoms with Crippen LogP contribution < -0.4 is 10.5 Å². The maximum absolute atomic E-state index is 12.2. The summed E-state index contributed by atoms with van der Waals surface area (Å²) in [6.07, 6.45) is 0.691. The van der Waals surface area contributed by atoms with E-state index >= 15 is 0 Å². The molecule has 2 aromatic heterocycles. The van der Waals surface area contributed by atoms with Gasteiger partial charge in [0.1, 0.15) is 0 Å². The van der Waals surface area contributed by atoms with Crippen LogP contribution in [0.4, 0.5) is 0 Å². The molecule has 0 saturated carbocycles. The van der Waals surface area contributed by atoms with E-state index in [1.165, 1.54) is 11.3 Å². The fraction of sp³-hybridized carbons (Fsp3) is 0.333. The summed E-state index contributed by atoms with van der Waals surface area (Å²) < 4.78 is 27.0. The van der Waals surface area contributed by atoms with Crippen molar-refractivity contribution >= 4 is 32.7 Å². The molecule has 1 atom stereocenters. The van der Waals surface area contributed by atoms with Gasteiger partial charge in [0.2, 0.25) is 10.0 Å². The van der Waals surface area contributed by atoms with Crippen molar-refractivity contribution in [1.29, 1.82) is 0 Å². The first-order chi connectivity index (χ1) is 9.01. The average molecular weight is 316 g/mol. The summed E-state index contributed by atoms with van der Waals surface area (Å²) in [5, 5.41) is 5.65. The molecule has 0 fully saturated rings. The molecule has 0 amide bonds. The fourth-order valence-electron chi connectivity index (χ4n) is 1.75. The van der Waals surface area contributed by atoms with Crippen molar-refractivity contribution in [2.24, 2.45) is 5.73 Å². The zero-order valence-corrected chi connectivity index (χ0v) is 12.9. The fourth-order valence-corrected chi connectivity index (χ4v) is 4.83. The average Bonchev–Trinajstić information content (AvgIpc) is 2.97. The molecule has 0 radical (unpaired) electrons. The summed E-state index contributed by atoms with van der Waals surface area (Å²) in [5.41, 5.74) is 6.64. The maximum atomic E-state index is 12.2. The molecule has 0 aliphatic rings. The zero-order chi connectivity index (χ0) is 13.9. The Morgan fingerprint density at radius 2 is 2.21 bits per heavy atom. The van der Waals surface area contributed by atoms with Crippen LogP contribution in [0.15, 0.2) is 33.2 Å². The van der Waals surface area contributed by atoms with E-state index in [-0.39, 0.29) is 6.04 Å². The number of hydrogen-bond donors (Lipinski definition) is 2. The highest BCUT2D eigenvalue weighted by Gasteiger charge is 2.19. The van der Waals surface area contributed by atoms with Gasteiger partial charge in [-0.05, 0) is 41.8 Å². The van der Waals surface area contributed by atoms with E-state index in [0.29, 0.717) is 17.9 Å². The van der Waals surface area contributed by atoms with Gasteiger partial charge in [0.05, 0.1) is 4.90 Å². The Labute approximate surface area is 121 Å². The number of rotatable bonds is 6. The van der Waals surface area contributed by atoms with Crippen LogP contribution in [0.5, 0.6) is 0 Å². The lowest BCUT2D eigenvalue weighted by atomic mass is 10.1. The summed E-state index contributed by atoms with van der Waals surface area (Å²) in [6.45, 7) is 2.23. The Kier molecular flexibility index (Phi) is 4.75. The SMILES string of the molecule is CC(Cc1ccsc1)NS(=O)(=O)c1csc(CN)c1. The Morgan fingerprint density at radius 1 is 1.42 bits per heavy atom. The molecule has 0 spiro atoms. The third kappa shape index (κ3) is 3.87. The molecule has 0 aromatic carbocycles. The van der Waals surface area contributed by atoms with Crippen molar-refractivity contribution in [2.75, 3.05) is 0 Å². The Hall–Kier alpha value is -0.730. The number of nitrogens with one attached hydrogen (secondary N) is 1. The monoisotopic (exact) mass is 316 g/mol. The Morgan fingerprint density at radius 3 is 2.79 bits per heavy atom. The molecule has 4 nitrogen and oxygen atoms in total. The van der Waals surface area contributed by atoms with Crippen LogP contribution in [0, 0.1) is 0 Å². The number of thiophene rings is 2. The lowest BCUT2D eigenvalue weighted by Crippen LogP contribution is -2.33. The molecule has 2 aromatic rings. The number of sulfonamides is 1. The van der Waals surface area contributed by atoms with Crippen LogP contribution in [0.1, 0.15) is 17.4 Å². The topological polar surface area (TPSA) is 72.2 Å². The molecule has 0 aliphatic carbocycles. The molecular formula is C12H16N2O2S3. The van der Waals surface area contributed by atoms with Gasteiger partial charge in [-0.2, -0.15) is 11.3 Å². The van der Waals surface area contributed by atoms with Gasteiger partial charge in [-0.25, -0.2) is 13.1 Å². The smallest absolute Gasteiger partial charge is 0.241 e. The maximum Gasteiger partial charge on any atom is 0.241 e. The van der Waals surface area contributed by atoms with Crippen LogP contribution in [0.2, 0.25) is 0 Å². The van der Waals surface area contributed by atoms with Crippen molar-refractivity contribution in [3.63, 3.8) is 0 Å². The molecule has 0 aliphatic heterocycles. The molecule has 2 rings (SSSR count). The van der Waals surface area contributed by atoms with Crippen LogP contribution in [-0.4, -0.2) is 14.5 Å². The summed E-state index contributed by atoms with van der Waals surface area (Å²) in [5.74, 6) is 0. The van der Waals surface area contributed by atoms with Gasteiger partial charge in [-0.15, -0.1) is 11.3 Å². The first-order valence-corrected chi connectivity index (χ1v) is 9.12. The second-order valence-corrected chi connectivity index (χ2v) is 7.80. The molecule has 7 heteroatoms. The van der Waals surface area contributed by atoms with Crippen molar-refractivity contribution in [3.05, 3.63) is 38.7 Å². The van der Waals surface area contributed by atoms with E-state index in [9.17, 15) is 8.42 Å². The highest BCUT2D eigenvalue weighted by molar-refractivity contribution is 7.89. The van der Waals surface area contributed by atoms with Crippen LogP contribution in [0.25, 0.3) is 0 Å². The minimum absolute atomic E-state index is 0.138. The van der Waals surface area contributed by atoms with Gasteiger partial charge in [0.15, 0.2) is 0 Å². The molecule has 19 heavy (non-hydrogen) atoms. The van der Waals surface area contributed by atoms with Crippen molar-refractivity contribution < 1.29 is 8.42 Å². The largest absolute Gasteiger partial charge is 0.326 e. The van der Waals surface area contributed by atoms with E-state index < -0.39 is 10.0 Å². The van der Waals surface area contributed by atoms with Gasteiger partial charge in [0.25, 0.3) is 0 Å². The minimum Gasteiger partial charge on any atom is -0.326 e. The third-order valence-corrected chi connectivity index (χ3v) is 6.03. The van der Waals surface area contributed by atoms with E-state index in [0.717, 1.165) is 10.4 Å². The first-order valence-electron chi connectivity index (χ1n) is 5.82. The lowest BCUT2D eigenvalue weighted by Gasteiger charge is -2.12. The Balaban J connectivity index is 2.04. The summed E-state index contributed by atoms with van der Waals surface area (Å²) in [7, 11) is -3.44. The van der Waals surface area contributed by atoms with E-state index in [4.69, 9.17) is 5.73 Å². The quantitative estimate of drug-likeness (QED) is 0.858. The lowest BCUT2D eigenvalue weighted by molar-refractivity contribution is 0.560. The van der Waals surface area contributed by atoms with Gasteiger partial charge in [0, 0.05) is 22.8 Å². The predicted molar refractivity (Wildman–Crippen MR) is 80.0 cm³/mol. The normalized spacial score (nSPS) is 13.6. The first kappa shape index (κ1) is 14.7. The van der Waals surface area contributed by atoms with Gasteiger partial charge in [-0.3, -0.25) is 0 Å². The van der Waals surface area contributed by atoms with Gasteiger partial charge >= 0.3 is 0 Å². The molecule has 104 valence electrons. The molecule has 3 N–H and O–H groups in total. The minimum atomic E-state index is -3.44. The zero-order valence-electron chi connectivity index (χ0n) is 10.5.